The standard InChI is InChI=1S/C15H31NO2/c1-12(2)16-15(4,10-17)11-18-9-14-7-5-6-13(3)8-14/h12-14,16-17H,5-11H2,1-4H3. The van der Waals surface area contributed by atoms with Crippen LogP contribution in [-0.4, -0.2) is 36.5 Å². The van der Waals surface area contributed by atoms with Crippen molar-refractivity contribution in [2.75, 3.05) is 19.8 Å². The molecule has 1 rings (SSSR count). The van der Waals surface area contributed by atoms with Crippen LogP contribution in [0.4, 0.5) is 0 Å². The monoisotopic (exact) mass is 257 g/mol. The van der Waals surface area contributed by atoms with E-state index in [0.29, 0.717) is 12.6 Å². The van der Waals surface area contributed by atoms with E-state index in [1.807, 2.05) is 6.92 Å². The van der Waals surface area contributed by atoms with E-state index >= 15 is 0 Å². The number of rotatable bonds is 7. The SMILES string of the molecule is CC1CCCC(COCC(C)(CO)NC(C)C)C1. The summed E-state index contributed by atoms with van der Waals surface area (Å²) in [5.41, 5.74) is -0.311. The van der Waals surface area contributed by atoms with Crippen LogP contribution in [0.1, 0.15) is 53.4 Å². The molecule has 108 valence electrons. The Morgan fingerprint density at radius 1 is 1.39 bits per heavy atom. The van der Waals surface area contributed by atoms with Crippen molar-refractivity contribution in [2.24, 2.45) is 11.8 Å². The highest BCUT2D eigenvalue weighted by Crippen LogP contribution is 2.28. The third-order valence-corrected chi connectivity index (χ3v) is 3.81. The first-order valence-electron chi connectivity index (χ1n) is 7.41. The zero-order valence-corrected chi connectivity index (χ0v) is 12.5. The second-order valence-corrected chi connectivity index (χ2v) is 6.67. The summed E-state index contributed by atoms with van der Waals surface area (Å²) in [6.45, 7) is 10.1. The molecule has 1 fully saturated rings. The molecule has 1 aliphatic carbocycles. The molecule has 18 heavy (non-hydrogen) atoms. The van der Waals surface area contributed by atoms with E-state index in [2.05, 4.69) is 26.1 Å². The van der Waals surface area contributed by atoms with Gasteiger partial charge < -0.3 is 15.2 Å². The predicted molar refractivity (Wildman–Crippen MR) is 75.7 cm³/mol. The van der Waals surface area contributed by atoms with E-state index in [9.17, 15) is 5.11 Å². The van der Waals surface area contributed by atoms with Crippen LogP contribution in [0.5, 0.6) is 0 Å². The van der Waals surface area contributed by atoms with Crippen molar-refractivity contribution in [2.45, 2.75) is 65.0 Å². The van der Waals surface area contributed by atoms with Gasteiger partial charge in [-0.05, 0) is 31.6 Å². The summed E-state index contributed by atoms with van der Waals surface area (Å²) >= 11 is 0. The highest BCUT2D eigenvalue weighted by atomic mass is 16.5. The fraction of sp³-hybridized carbons (Fsp3) is 1.00. The fourth-order valence-electron chi connectivity index (χ4n) is 2.99. The zero-order chi connectivity index (χ0) is 13.6. The minimum atomic E-state index is -0.311. The van der Waals surface area contributed by atoms with Crippen LogP contribution < -0.4 is 5.32 Å². The predicted octanol–water partition coefficient (Wildman–Crippen LogP) is 2.58. The molecule has 0 aliphatic heterocycles. The molecular weight excluding hydrogens is 226 g/mol. The lowest BCUT2D eigenvalue weighted by molar-refractivity contribution is 0.0150. The summed E-state index contributed by atoms with van der Waals surface area (Å²) in [4.78, 5) is 0. The molecular formula is C15H31NO2. The maximum atomic E-state index is 9.47. The molecule has 3 unspecified atom stereocenters. The Morgan fingerprint density at radius 3 is 2.67 bits per heavy atom. The first-order valence-corrected chi connectivity index (χ1v) is 7.41. The maximum absolute atomic E-state index is 9.47. The van der Waals surface area contributed by atoms with Crippen LogP contribution in [0.15, 0.2) is 0 Å². The van der Waals surface area contributed by atoms with Crippen molar-refractivity contribution in [1.82, 2.24) is 5.32 Å². The van der Waals surface area contributed by atoms with Crippen molar-refractivity contribution in [1.29, 1.82) is 0 Å². The van der Waals surface area contributed by atoms with Crippen LogP contribution >= 0.6 is 0 Å². The second-order valence-electron chi connectivity index (χ2n) is 6.67. The van der Waals surface area contributed by atoms with Gasteiger partial charge in [-0.25, -0.2) is 0 Å². The van der Waals surface area contributed by atoms with E-state index in [1.54, 1.807) is 0 Å². The Hall–Kier alpha value is -0.120. The van der Waals surface area contributed by atoms with E-state index < -0.39 is 0 Å². The topological polar surface area (TPSA) is 41.5 Å². The van der Waals surface area contributed by atoms with Crippen molar-refractivity contribution in [3.63, 3.8) is 0 Å². The molecule has 2 N–H and O–H groups in total. The van der Waals surface area contributed by atoms with Crippen LogP contribution in [0.25, 0.3) is 0 Å². The molecule has 3 heteroatoms. The van der Waals surface area contributed by atoms with E-state index in [0.717, 1.165) is 18.4 Å². The van der Waals surface area contributed by atoms with Gasteiger partial charge in [0.15, 0.2) is 0 Å². The molecule has 0 aromatic carbocycles. The van der Waals surface area contributed by atoms with Crippen LogP contribution in [0.2, 0.25) is 0 Å². The van der Waals surface area contributed by atoms with Gasteiger partial charge in [-0.2, -0.15) is 0 Å². The van der Waals surface area contributed by atoms with Crippen LogP contribution in [0.3, 0.4) is 0 Å². The average molecular weight is 257 g/mol. The summed E-state index contributed by atoms with van der Waals surface area (Å²) in [7, 11) is 0. The number of nitrogens with one attached hydrogen (secondary N) is 1. The van der Waals surface area contributed by atoms with Gasteiger partial charge in [-0.1, -0.05) is 33.6 Å². The Kier molecular flexibility index (Phi) is 6.61. The van der Waals surface area contributed by atoms with Gasteiger partial charge in [0, 0.05) is 12.6 Å². The van der Waals surface area contributed by atoms with Crippen molar-refractivity contribution >= 4 is 0 Å². The van der Waals surface area contributed by atoms with Gasteiger partial charge >= 0.3 is 0 Å². The number of aliphatic hydroxyl groups is 1. The van der Waals surface area contributed by atoms with E-state index in [1.165, 1.54) is 25.7 Å². The summed E-state index contributed by atoms with van der Waals surface area (Å²) < 4.78 is 5.86. The third kappa shape index (κ3) is 5.68. The van der Waals surface area contributed by atoms with Crippen molar-refractivity contribution in [3.8, 4) is 0 Å². The van der Waals surface area contributed by atoms with Gasteiger partial charge in [-0.15, -0.1) is 0 Å². The average Bonchev–Trinajstić information content (AvgIpc) is 2.28. The van der Waals surface area contributed by atoms with Gasteiger partial charge in [0.2, 0.25) is 0 Å². The molecule has 0 spiro atoms. The first-order chi connectivity index (χ1) is 8.45. The lowest BCUT2D eigenvalue weighted by atomic mass is 9.83. The minimum absolute atomic E-state index is 0.117. The van der Waals surface area contributed by atoms with Gasteiger partial charge in [0.1, 0.15) is 0 Å². The minimum Gasteiger partial charge on any atom is -0.394 e. The Balaban J connectivity index is 2.26. The zero-order valence-electron chi connectivity index (χ0n) is 12.5. The van der Waals surface area contributed by atoms with Crippen LogP contribution in [0, 0.1) is 11.8 Å². The summed E-state index contributed by atoms with van der Waals surface area (Å²) in [5, 5.41) is 12.8. The molecule has 0 aromatic rings. The quantitative estimate of drug-likeness (QED) is 0.736. The number of hydrogen-bond acceptors (Lipinski definition) is 3. The highest BCUT2D eigenvalue weighted by molar-refractivity contribution is 4.84. The molecule has 3 nitrogen and oxygen atoms in total. The van der Waals surface area contributed by atoms with Crippen molar-refractivity contribution < 1.29 is 9.84 Å². The second kappa shape index (κ2) is 7.46. The molecule has 0 radical (unpaired) electrons. The lowest BCUT2D eigenvalue weighted by Gasteiger charge is -2.32. The number of hydrogen-bond donors (Lipinski definition) is 2. The smallest absolute Gasteiger partial charge is 0.0668 e. The Morgan fingerprint density at radius 2 is 2.11 bits per heavy atom. The third-order valence-electron chi connectivity index (χ3n) is 3.81. The first kappa shape index (κ1) is 15.9. The molecule has 3 atom stereocenters. The molecule has 0 saturated heterocycles. The summed E-state index contributed by atoms with van der Waals surface area (Å²) in [5.74, 6) is 1.57. The van der Waals surface area contributed by atoms with Gasteiger partial charge in [0.25, 0.3) is 0 Å². The Bertz CT molecular complexity index is 233. The molecule has 0 aromatic heterocycles. The molecule has 1 aliphatic rings. The fourth-order valence-corrected chi connectivity index (χ4v) is 2.99. The number of aliphatic hydroxyl groups excluding tert-OH is 1. The molecule has 1 saturated carbocycles. The van der Waals surface area contributed by atoms with E-state index in [-0.39, 0.29) is 12.1 Å². The molecule has 0 heterocycles. The molecule has 0 amide bonds. The Labute approximate surface area is 112 Å². The highest BCUT2D eigenvalue weighted by Gasteiger charge is 2.25. The summed E-state index contributed by atoms with van der Waals surface area (Å²) in [6, 6.07) is 0.362. The van der Waals surface area contributed by atoms with Gasteiger partial charge in [0.05, 0.1) is 18.8 Å². The lowest BCUT2D eigenvalue weighted by Crippen LogP contribution is -2.52. The number of ether oxygens (including phenoxy) is 1. The maximum Gasteiger partial charge on any atom is 0.0668 e. The summed E-state index contributed by atoms with van der Waals surface area (Å²) in [6.07, 6.45) is 5.32. The normalized spacial score (nSPS) is 28.3. The largest absolute Gasteiger partial charge is 0.394 e. The van der Waals surface area contributed by atoms with Gasteiger partial charge in [-0.3, -0.25) is 0 Å². The van der Waals surface area contributed by atoms with E-state index in [4.69, 9.17) is 4.74 Å². The van der Waals surface area contributed by atoms with Crippen LogP contribution in [-0.2, 0) is 4.74 Å². The van der Waals surface area contributed by atoms with Crippen molar-refractivity contribution in [3.05, 3.63) is 0 Å². The molecule has 0 bridgehead atoms.